The molecule has 0 spiro atoms. The molecule has 1 aliphatic heterocycles. The first-order valence-corrected chi connectivity index (χ1v) is 9.22. The number of carboxylic acid groups (broad SMARTS) is 1. The van der Waals surface area contributed by atoms with Crippen LogP contribution in [0.3, 0.4) is 0 Å². The zero-order valence-corrected chi connectivity index (χ0v) is 16.7. The molecule has 1 heterocycles. The fourth-order valence-electron chi connectivity index (χ4n) is 1.60. The molecule has 1 saturated heterocycles. The van der Waals surface area contributed by atoms with Crippen LogP contribution < -0.4 is 5.32 Å². The van der Waals surface area contributed by atoms with Gasteiger partial charge in [-0.2, -0.15) is 5.10 Å². The van der Waals surface area contributed by atoms with E-state index in [9.17, 15) is 14.7 Å². The van der Waals surface area contributed by atoms with Gasteiger partial charge in [-0.3, -0.25) is 9.59 Å². The number of amidine groups is 1. The number of benzene rings is 1. The number of hydrogen-bond donors (Lipinski definition) is 3. The number of carbonyl (C=O) groups excluding carboxylic acids is 1. The van der Waals surface area contributed by atoms with E-state index in [1.54, 1.807) is 6.07 Å². The second-order valence-electron chi connectivity index (χ2n) is 4.26. The largest absolute Gasteiger partial charge is 0.506 e. The van der Waals surface area contributed by atoms with E-state index in [1.165, 1.54) is 6.21 Å². The Morgan fingerprint density at radius 2 is 2.09 bits per heavy atom. The summed E-state index contributed by atoms with van der Waals surface area (Å²) < 4.78 is 1.61. The summed E-state index contributed by atoms with van der Waals surface area (Å²) in [6.07, 6.45) is 1.11. The molecule has 0 aliphatic carbocycles. The maximum atomic E-state index is 11.6. The summed E-state index contributed by atoms with van der Waals surface area (Å²) in [5.41, 5.74) is 0.562. The number of nitrogens with zero attached hydrogens (tertiary/aromatic N) is 2. The van der Waals surface area contributed by atoms with Crippen molar-refractivity contribution in [3.63, 3.8) is 0 Å². The van der Waals surface area contributed by atoms with E-state index in [-0.39, 0.29) is 17.3 Å². The van der Waals surface area contributed by atoms with Gasteiger partial charge in [0.05, 0.1) is 21.6 Å². The van der Waals surface area contributed by atoms with Gasteiger partial charge < -0.3 is 15.5 Å². The molecule has 2 rings (SSSR count). The summed E-state index contributed by atoms with van der Waals surface area (Å²) in [5.74, 6) is -1.44. The molecule has 1 aromatic rings. The number of amides is 1. The number of nitrogens with one attached hydrogen (secondary N) is 1. The highest BCUT2D eigenvalue weighted by Gasteiger charge is 2.32. The first-order chi connectivity index (χ1) is 10.8. The second kappa shape index (κ2) is 7.77. The maximum Gasteiger partial charge on any atom is 0.305 e. The lowest BCUT2D eigenvalue weighted by atomic mass is 10.2. The molecular formula is C12H8Br3N3O4S. The molecule has 0 bridgehead atoms. The lowest BCUT2D eigenvalue weighted by Gasteiger charge is -2.06. The Morgan fingerprint density at radius 3 is 2.74 bits per heavy atom. The Kier molecular flexibility index (Phi) is 6.23. The zero-order valence-electron chi connectivity index (χ0n) is 11.1. The lowest BCUT2D eigenvalue weighted by molar-refractivity contribution is -0.138. The predicted molar refractivity (Wildman–Crippen MR) is 98.0 cm³/mol. The van der Waals surface area contributed by atoms with Crippen molar-refractivity contribution in [2.24, 2.45) is 10.2 Å². The van der Waals surface area contributed by atoms with Crippen molar-refractivity contribution in [1.29, 1.82) is 0 Å². The van der Waals surface area contributed by atoms with Gasteiger partial charge in [-0.25, -0.2) is 0 Å². The topological polar surface area (TPSA) is 111 Å². The summed E-state index contributed by atoms with van der Waals surface area (Å²) in [5, 5.41) is 28.2. The summed E-state index contributed by atoms with van der Waals surface area (Å²) in [4.78, 5) is 22.2. The number of phenols is 1. The number of rotatable bonds is 4. The number of hydrogen-bond acceptors (Lipinski definition) is 6. The van der Waals surface area contributed by atoms with E-state index in [2.05, 4.69) is 63.3 Å². The number of carboxylic acids is 1. The van der Waals surface area contributed by atoms with Gasteiger partial charge in [-0.1, -0.05) is 27.7 Å². The van der Waals surface area contributed by atoms with Gasteiger partial charge in [-0.15, -0.1) is 5.10 Å². The molecule has 122 valence electrons. The number of aromatic hydroxyl groups is 1. The fourth-order valence-corrected chi connectivity index (χ4v) is 4.84. The maximum absolute atomic E-state index is 11.6. The van der Waals surface area contributed by atoms with Crippen LogP contribution in [-0.2, 0) is 9.59 Å². The molecule has 3 N–H and O–H groups in total. The standard InChI is InChI=1S/C12H8Br3N3O4S/c13-5-1-6(14)10(21)9(15)4(5)3-16-18-12-17-11(22)7(23-12)2-8(19)20/h1,3,7,21H,2H2,(H,19,20)(H,17,18,22). The smallest absolute Gasteiger partial charge is 0.305 e. The third-order valence-electron chi connectivity index (χ3n) is 2.65. The minimum absolute atomic E-state index is 0.0207. The van der Waals surface area contributed by atoms with Crippen molar-refractivity contribution in [1.82, 2.24) is 5.32 Å². The van der Waals surface area contributed by atoms with Crippen molar-refractivity contribution >= 4 is 82.8 Å². The molecule has 23 heavy (non-hydrogen) atoms. The molecule has 1 fully saturated rings. The van der Waals surface area contributed by atoms with Crippen LogP contribution in [0, 0.1) is 0 Å². The average molecular weight is 530 g/mol. The van der Waals surface area contributed by atoms with Gasteiger partial charge in [0.25, 0.3) is 0 Å². The molecule has 1 atom stereocenters. The Balaban J connectivity index is 2.15. The van der Waals surface area contributed by atoms with Crippen LogP contribution in [0.2, 0.25) is 0 Å². The van der Waals surface area contributed by atoms with E-state index in [0.717, 1.165) is 11.8 Å². The van der Waals surface area contributed by atoms with Crippen LogP contribution in [0.1, 0.15) is 12.0 Å². The van der Waals surface area contributed by atoms with Crippen molar-refractivity contribution in [2.75, 3.05) is 0 Å². The molecular weight excluding hydrogens is 522 g/mol. The van der Waals surface area contributed by atoms with Gasteiger partial charge in [0.15, 0.2) is 5.17 Å². The van der Waals surface area contributed by atoms with Crippen LogP contribution in [-0.4, -0.2) is 38.7 Å². The van der Waals surface area contributed by atoms with Crippen LogP contribution in [0.5, 0.6) is 5.75 Å². The predicted octanol–water partition coefficient (Wildman–Crippen LogP) is 3.08. The SMILES string of the molecule is O=C(O)CC1SC(=NN=Cc2c(Br)cc(Br)c(O)c2Br)NC1=O. The molecule has 0 radical (unpaired) electrons. The highest BCUT2D eigenvalue weighted by Crippen LogP contribution is 2.38. The highest BCUT2D eigenvalue weighted by molar-refractivity contribution is 9.11. The summed E-state index contributed by atoms with van der Waals surface area (Å²) in [6, 6.07) is 1.66. The average Bonchev–Trinajstić information content (AvgIpc) is 2.80. The van der Waals surface area contributed by atoms with E-state index < -0.39 is 17.1 Å². The zero-order chi connectivity index (χ0) is 17.1. The fraction of sp³-hybridized carbons (Fsp3) is 0.167. The number of phenolic OH excluding ortho intramolecular Hbond substituents is 1. The summed E-state index contributed by atoms with van der Waals surface area (Å²) >= 11 is 10.8. The molecule has 0 saturated carbocycles. The number of thioether (sulfide) groups is 1. The van der Waals surface area contributed by atoms with Gasteiger partial charge in [0, 0.05) is 10.0 Å². The van der Waals surface area contributed by atoms with E-state index in [4.69, 9.17) is 5.11 Å². The Bertz CT molecular complexity index is 739. The summed E-state index contributed by atoms with van der Waals surface area (Å²) in [7, 11) is 0. The van der Waals surface area contributed by atoms with Crippen LogP contribution in [0.15, 0.2) is 29.7 Å². The molecule has 1 amide bonds. The van der Waals surface area contributed by atoms with Crippen molar-refractivity contribution in [2.45, 2.75) is 11.7 Å². The van der Waals surface area contributed by atoms with E-state index in [0.29, 0.717) is 19.0 Å². The van der Waals surface area contributed by atoms with E-state index >= 15 is 0 Å². The Morgan fingerprint density at radius 1 is 1.39 bits per heavy atom. The van der Waals surface area contributed by atoms with Crippen molar-refractivity contribution in [3.8, 4) is 5.75 Å². The van der Waals surface area contributed by atoms with Crippen LogP contribution in [0.4, 0.5) is 0 Å². The Hall–Kier alpha value is -0.910. The van der Waals surface area contributed by atoms with Gasteiger partial charge in [-0.05, 0) is 37.9 Å². The highest BCUT2D eigenvalue weighted by atomic mass is 79.9. The Labute approximate surface area is 160 Å². The lowest BCUT2D eigenvalue weighted by Crippen LogP contribution is -2.26. The molecule has 7 nitrogen and oxygen atoms in total. The third-order valence-corrected chi connectivity index (χ3v) is 5.79. The van der Waals surface area contributed by atoms with Crippen LogP contribution >= 0.6 is 59.6 Å². The normalized spacial score (nSPS) is 19.5. The van der Waals surface area contributed by atoms with Gasteiger partial charge in [0.2, 0.25) is 5.91 Å². The summed E-state index contributed by atoms with van der Waals surface area (Å²) in [6.45, 7) is 0. The van der Waals surface area contributed by atoms with Gasteiger partial charge in [0.1, 0.15) is 11.0 Å². The minimum atomic E-state index is -1.05. The molecule has 11 heteroatoms. The molecule has 1 unspecified atom stereocenters. The van der Waals surface area contributed by atoms with Crippen molar-refractivity contribution in [3.05, 3.63) is 25.0 Å². The van der Waals surface area contributed by atoms with E-state index in [1.807, 2.05) is 0 Å². The third kappa shape index (κ3) is 4.55. The number of aliphatic carboxylic acids is 1. The molecule has 0 aromatic heterocycles. The second-order valence-corrected chi connectivity index (χ2v) is 7.95. The minimum Gasteiger partial charge on any atom is -0.506 e. The van der Waals surface area contributed by atoms with Crippen LogP contribution in [0.25, 0.3) is 0 Å². The first kappa shape index (κ1) is 18.4. The molecule has 1 aromatic carbocycles. The molecule has 1 aliphatic rings. The number of carbonyl (C=O) groups is 2. The number of halogens is 3. The van der Waals surface area contributed by atoms with Crippen molar-refractivity contribution < 1.29 is 19.8 Å². The monoisotopic (exact) mass is 527 g/mol. The quantitative estimate of drug-likeness (QED) is 0.410. The first-order valence-electron chi connectivity index (χ1n) is 5.96. The van der Waals surface area contributed by atoms with Gasteiger partial charge >= 0.3 is 5.97 Å².